The van der Waals surface area contributed by atoms with Gasteiger partial charge in [0.25, 0.3) is 0 Å². The molecule has 82 valence electrons. The summed E-state index contributed by atoms with van der Waals surface area (Å²) in [5, 5.41) is 0. The smallest absolute Gasteiger partial charge is 0.185 e. The van der Waals surface area contributed by atoms with Crippen molar-refractivity contribution in [1.29, 1.82) is 0 Å². The van der Waals surface area contributed by atoms with Gasteiger partial charge in [0.1, 0.15) is 4.58 Å². The van der Waals surface area contributed by atoms with Crippen molar-refractivity contribution in [2.24, 2.45) is 0 Å². The van der Waals surface area contributed by atoms with Gasteiger partial charge in [0, 0.05) is 5.56 Å². The summed E-state index contributed by atoms with van der Waals surface area (Å²) in [5.74, 6) is 2.21. The molecule has 0 aliphatic carbocycles. The fraction of sp³-hybridized carbons (Fsp3) is 0.417. The number of rotatable bonds is 6. The minimum absolute atomic E-state index is 0.0578. The molecule has 0 fully saturated rings. The van der Waals surface area contributed by atoms with E-state index < -0.39 is 0 Å². The molecule has 0 spiro atoms. The van der Waals surface area contributed by atoms with E-state index in [2.05, 4.69) is 13.8 Å². The van der Waals surface area contributed by atoms with Gasteiger partial charge in [0.15, 0.2) is 5.78 Å². The highest BCUT2D eigenvalue weighted by Gasteiger charge is 2.19. The highest BCUT2D eigenvalue weighted by Crippen LogP contribution is 2.26. The lowest BCUT2D eigenvalue weighted by atomic mass is 10.1. The van der Waals surface area contributed by atoms with E-state index in [4.69, 9.17) is 0 Å². The van der Waals surface area contributed by atoms with E-state index in [1.165, 1.54) is 0 Å². The molecule has 0 N–H and O–H groups in total. The molecular weight excluding hydrogens is 224 g/mol. The molecule has 0 radical (unpaired) electrons. The topological polar surface area (TPSA) is 17.1 Å². The minimum atomic E-state index is 0.0578. The van der Waals surface area contributed by atoms with Crippen molar-refractivity contribution in [2.75, 3.05) is 11.5 Å². The van der Waals surface area contributed by atoms with E-state index in [1.807, 2.05) is 30.3 Å². The second-order valence-corrected chi connectivity index (χ2v) is 6.04. The number of benzene rings is 1. The third-order valence-corrected chi connectivity index (χ3v) is 4.43. The SMILES string of the molecule is CCSC(SCC)C(=O)c1ccccc1. The second kappa shape index (κ2) is 6.96. The van der Waals surface area contributed by atoms with Crippen LogP contribution in [-0.2, 0) is 0 Å². The lowest BCUT2D eigenvalue weighted by Gasteiger charge is -2.12. The second-order valence-electron chi connectivity index (χ2n) is 2.97. The Hall–Kier alpha value is -0.410. The lowest BCUT2D eigenvalue weighted by molar-refractivity contribution is 0.101. The first-order valence-corrected chi connectivity index (χ1v) is 7.21. The molecular formula is C12H16OS2. The molecule has 0 saturated carbocycles. The van der Waals surface area contributed by atoms with E-state index in [9.17, 15) is 4.79 Å². The van der Waals surface area contributed by atoms with Crippen LogP contribution in [0.2, 0.25) is 0 Å². The van der Waals surface area contributed by atoms with E-state index in [-0.39, 0.29) is 10.4 Å². The standard InChI is InChI=1S/C12H16OS2/c1-3-14-12(15-4-2)11(13)10-8-6-5-7-9-10/h5-9,12H,3-4H2,1-2H3. The molecule has 1 aromatic carbocycles. The lowest BCUT2D eigenvalue weighted by Crippen LogP contribution is -2.14. The Morgan fingerprint density at radius 1 is 1.13 bits per heavy atom. The van der Waals surface area contributed by atoms with Crippen LogP contribution in [0.1, 0.15) is 24.2 Å². The molecule has 0 aromatic heterocycles. The number of ketones is 1. The maximum atomic E-state index is 12.1. The van der Waals surface area contributed by atoms with Gasteiger partial charge in [-0.1, -0.05) is 44.2 Å². The summed E-state index contributed by atoms with van der Waals surface area (Å²) in [7, 11) is 0. The van der Waals surface area contributed by atoms with Crippen LogP contribution in [0, 0.1) is 0 Å². The van der Waals surface area contributed by atoms with Crippen molar-refractivity contribution in [2.45, 2.75) is 18.4 Å². The molecule has 15 heavy (non-hydrogen) atoms. The van der Waals surface area contributed by atoms with Crippen LogP contribution in [0.15, 0.2) is 30.3 Å². The molecule has 0 unspecified atom stereocenters. The van der Waals surface area contributed by atoms with E-state index in [1.54, 1.807) is 23.5 Å². The van der Waals surface area contributed by atoms with Crippen LogP contribution < -0.4 is 0 Å². The third kappa shape index (κ3) is 3.92. The van der Waals surface area contributed by atoms with Gasteiger partial charge in [-0.05, 0) is 11.5 Å². The van der Waals surface area contributed by atoms with Crippen molar-refractivity contribution in [3.8, 4) is 0 Å². The summed E-state index contributed by atoms with van der Waals surface area (Å²) in [6.45, 7) is 4.18. The molecule has 0 aliphatic rings. The zero-order valence-corrected chi connectivity index (χ0v) is 10.7. The van der Waals surface area contributed by atoms with Crippen LogP contribution in [-0.4, -0.2) is 21.9 Å². The number of Topliss-reactive ketones (excluding diaryl/α,β-unsaturated/α-hetero) is 1. The van der Waals surface area contributed by atoms with Crippen molar-refractivity contribution < 1.29 is 4.79 Å². The van der Waals surface area contributed by atoms with Gasteiger partial charge in [-0.2, -0.15) is 0 Å². The molecule has 1 nitrogen and oxygen atoms in total. The van der Waals surface area contributed by atoms with Crippen LogP contribution in [0.25, 0.3) is 0 Å². The van der Waals surface area contributed by atoms with Gasteiger partial charge in [0.05, 0.1) is 0 Å². The number of hydrogen-bond donors (Lipinski definition) is 0. The number of thioether (sulfide) groups is 2. The molecule has 0 aliphatic heterocycles. The molecule has 0 amide bonds. The predicted octanol–water partition coefficient (Wildman–Crippen LogP) is 3.70. The van der Waals surface area contributed by atoms with Crippen LogP contribution in [0.4, 0.5) is 0 Å². The first-order chi connectivity index (χ1) is 7.29. The third-order valence-electron chi connectivity index (χ3n) is 1.91. The number of hydrogen-bond acceptors (Lipinski definition) is 3. The first kappa shape index (κ1) is 12.7. The Kier molecular flexibility index (Phi) is 5.88. The van der Waals surface area contributed by atoms with E-state index >= 15 is 0 Å². The maximum absolute atomic E-state index is 12.1. The van der Waals surface area contributed by atoms with Crippen LogP contribution in [0.5, 0.6) is 0 Å². The average Bonchev–Trinajstić information content (AvgIpc) is 2.29. The first-order valence-electron chi connectivity index (χ1n) is 5.12. The summed E-state index contributed by atoms with van der Waals surface area (Å²) in [4.78, 5) is 12.1. The fourth-order valence-electron chi connectivity index (χ4n) is 1.24. The molecule has 3 heteroatoms. The average molecular weight is 240 g/mol. The normalized spacial score (nSPS) is 10.6. The highest BCUT2D eigenvalue weighted by atomic mass is 32.2. The monoisotopic (exact) mass is 240 g/mol. The molecule has 1 rings (SSSR count). The van der Waals surface area contributed by atoms with Crippen LogP contribution >= 0.6 is 23.5 Å². The summed E-state index contributed by atoms with van der Waals surface area (Å²) in [6.07, 6.45) is 0. The molecule has 1 aromatic rings. The zero-order chi connectivity index (χ0) is 11.1. The molecule has 0 heterocycles. The van der Waals surface area contributed by atoms with E-state index in [0.717, 1.165) is 17.1 Å². The quantitative estimate of drug-likeness (QED) is 0.557. The number of carbonyl (C=O) groups is 1. The molecule has 0 saturated heterocycles. The highest BCUT2D eigenvalue weighted by molar-refractivity contribution is 8.18. The molecule has 0 bridgehead atoms. The van der Waals surface area contributed by atoms with Gasteiger partial charge < -0.3 is 0 Å². The van der Waals surface area contributed by atoms with Crippen LogP contribution in [0.3, 0.4) is 0 Å². The van der Waals surface area contributed by atoms with Gasteiger partial charge in [0.2, 0.25) is 0 Å². The van der Waals surface area contributed by atoms with Crippen molar-refractivity contribution in [3.63, 3.8) is 0 Å². The Balaban J connectivity index is 2.71. The molecule has 0 atom stereocenters. The Morgan fingerprint density at radius 3 is 2.13 bits per heavy atom. The predicted molar refractivity (Wildman–Crippen MR) is 70.8 cm³/mol. The van der Waals surface area contributed by atoms with Crippen molar-refractivity contribution in [1.82, 2.24) is 0 Å². The summed E-state index contributed by atoms with van der Waals surface area (Å²) in [6, 6.07) is 9.55. The summed E-state index contributed by atoms with van der Waals surface area (Å²) < 4.78 is 0.0578. The Morgan fingerprint density at radius 2 is 1.67 bits per heavy atom. The zero-order valence-electron chi connectivity index (χ0n) is 9.10. The van der Waals surface area contributed by atoms with E-state index in [0.29, 0.717) is 0 Å². The van der Waals surface area contributed by atoms with Gasteiger partial charge in [-0.15, -0.1) is 23.5 Å². The van der Waals surface area contributed by atoms with Crippen molar-refractivity contribution in [3.05, 3.63) is 35.9 Å². The maximum Gasteiger partial charge on any atom is 0.185 e. The fourth-order valence-corrected chi connectivity index (χ4v) is 3.62. The summed E-state index contributed by atoms with van der Waals surface area (Å²) >= 11 is 3.43. The minimum Gasteiger partial charge on any atom is -0.292 e. The van der Waals surface area contributed by atoms with Gasteiger partial charge in [-0.25, -0.2) is 0 Å². The Labute approximate surface area is 100 Å². The largest absolute Gasteiger partial charge is 0.292 e. The number of carbonyl (C=O) groups excluding carboxylic acids is 1. The van der Waals surface area contributed by atoms with Crippen molar-refractivity contribution >= 4 is 29.3 Å². The summed E-state index contributed by atoms with van der Waals surface area (Å²) in [5.41, 5.74) is 0.824. The van der Waals surface area contributed by atoms with Gasteiger partial charge in [-0.3, -0.25) is 4.79 Å². The van der Waals surface area contributed by atoms with Gasteiger partial charge >= 0.3 is 0 Å². The Bertz CT molecular complexity index is 292.